The lowest BCUT2D eigenvalue weighted by Gasteiger charge is -2.31. The van der Waals surface area contributed by atoms with Crippen LogP contribution in [0.15, 0.2) is 10.9 Å². The predicted molar refractivity (Wildman–Crippen MR) is 82.4 cm³/mol. The van der Waals surface area contributed by atoms with Gasteiger partial charge in [0.05, 0.1) is 12.1 Å². The number of piperazine rings is 1. The third-order valence-corrected chi connectivity index (χ3v) is 4.84. The van der Waals surface area contributed by atoms with Gasteiger partial charge in [-0.3, -0.25) is 9.69 Å². The highest BCUT2D eigenvalue weighted by molar-refractivity contribution is 7.13. The van der Waals surface area contributed by atoms with Crippen molar-refractivity contribution in [3.8, 4) is 0 Å². The maximum Gasteiger partial charge on any atom is 0.271 e. The Morgan fingerprint density at radius 3 is 2.65 bits per heavy atom. The van der Waals surface area contributed by atoms with E-state index >= 15 is 0 Å². The van der Waals surface area contributed by atoms with E-state index in [4.69, 9.17) is 0 Å². The average molecular weight is 292 g/mol. The zero-order chi connectivity index (χ0) is 14.3. The van der Waals surface area contributed by atoms with Gasteiger partial charge in [0.25, 0.3) is 5.56 Å². The largest absolute Gasteiger partial charge is 0.304 e. The molecule has 1 aliphatic rings. The standard InChI is InChI=1S/C14H20N4OS/c1-10-8-11(2)15-13-12(10)14(19)18(20-13)9-17-6-4-16(3)5-7-17/h8H,4-7,9H2,1-3H3. The fourth-order valence-electron chi connectivity index (χ4n) is 2.66. The Morgan fingerprint density at radius 2 is 1.95 bits per heavy atom. The lowest BCUT2D eigenvalue weighted by molar-refractivity contribution is 0.128. The number of fused-ring (bicyclic) bond motifs is 1. The first kappa shape index (κ1) is 13.7. The van der Waals surface area contributed by atoms with Crippen LogP contribution in [0.25, 0.3) is 10.2 Å². The molecule has 3 heterocycles. The number of rotatable bonds is 2. The summed E-state index contributed by atoms with van der Waals surface area (Å²) >= 11 is 1.48. The molecule has 0 atom stereocenters. The maximum absolute atomic E-state index is 12.5. The Labute approximate surface area is 122 Å². The van der Waals surface area contributed by atoms with E-state index in [1.807, 2.05) is 23.9 Å². The summed E-state index contributed by atoms with van der Waals surface area (Å²) in [5.74, 6) is 0. The Morgan fingerprint density at radius 1 is 1.25 bits per heavy atom. The molecule has 0 N–H and O–H groups in total. The van der Waals surface area contributed by atoms with Gasteiger partial charge in [0, 0.05) is 31.9 Å². The molecule has 0 spiro atoms. The Balaban J connectivity index is 1.91. The summed E-state index contributed by atoms with van der Waals surface area (Å²) in [6.45, 7) is 8.82. The van der Waals surface area contributed by atoms with Gasteiger partial charge in [-0.25, -0.2) is 8.94 Å². The number of likely N-dealkylation sites (N-methyl/N-ethyl adjacent to an activating group) is 1. The first-order chi connectivity index (χ1) is 9.54. The predicted octanol–water partition coefficient (Wildman–Crippen LogP) is 1.28. The Hall–Kier alpha value is -1.24. The normalized spacial score (nSPS) is 17.9. The van der Waals surface area contributed by atoms with E-state index in [1.165, 1.54) is 11.5 Å². The molecule has 0 radical (unpaired) electrons. The van der Waals surface area contributed by atoms with Crippen molar-refractivity contribution in [2.45, 2.75) is 20.5 Å². The van der Waals surface area contributed by atoms with Crippen LogP contribution in [-0.2, 0) is 6.67 Å². The van der Waals surface area contributed by atoms with Crippen molar-refractivity contribution in [2.24, 2.45) is 0 Å². The molecule has 108 valence electrons. The van der Waals surface area contributed by atoms with Gasteiger partial charge in [0.1, 0.15) is 4.83 Å². The van der Waals surface area contributed by atoms with Gasteiger partial charge in [0.2, 0.25) is 0 Å². The lowest BCUT2D eigenvalue weighted by atomic mass is 10.2. The molecule has 1 saturated heterocycles. The highest BCUT2D eigenvalue weighted by Crippen LogP contribution is 2.19. The molecule has 3 rings (SSSR count). The first-order valence-electron chi connectivity index (χ1n) is 6.93. The summed E-state index contributed by atoms with van der Waals surface area (Å²) in [4.78, 5) is 22.5. The van der Waals surface area contributed by atoms with Crippen LogP contribution in [0.1, 0.15) is 11.3 Å². The fraction of sp³-hybridized carbons (Fsp3) is 0.571. The van der Waals surface area contributed by atoms with Crippen LogP contribution in [0.3, 0.4) is 0 Å². The maximum atomic E-state index is 12.5. The van der Waals surface area contributed by atoms with E-state index in [0.717, 1.165) is 47.7 Å². The Bertz CT molecular complexity index is 682. The van der Waals surface area contributed by atoms with Crippen molar-refractivity contribution < 1.29 is 0 Å². The van der Waals surface area contributed by atoms with E-state index in [0.29, 0.717) is 6.67 Å². The number of nitrogens with zero attached hydrogens (tertiary/aromatic N) is 4. The molecule has 5 nitrogen and oxygen atoms in total. The second-order valence-corrected chi connectivity index (χ2v) is 6.61. The summed E-state index contributed by atoms with van der Waals surface area (Å²) in [7, 11) is 2.14. The van der Waals surface area contributed by atoms with Crippen LogP contribution in [0.2, 0.25) is 0 Å². The third kappa shape index (κ3) is 2.51. The van der Waals surface area contributed by atoms with E-state index in [2.05, 4.69) is 21.8 Å². The zero-order valence-electron chi connectivity index (χ0n) is 12.2. The molecule has 2 aromatic rings. The van der Waals surface area contributed by atoms with Crippen molar-refractivity contribution in [3.05, 3.63) is 27.7 Å². The second-order valence-electron chi connectivity index (χ2n) is 5.60. The topological polar surface area (TPSA) is 41.4 Å². The smallest absolute Gasteiger partial charge is 0.271 e. The molecular weight excluding hydrogens is 272 g/mol. The molecule has 0 amide bonds. The van der Waals surface area contributed by atoms with Crippen LogP contribution in [0.5, 0.6) is 0 Å². The van der Waals surface area contributed by atoms with Crippen molar-refractivity contribution >= 4 is 21.7 Å². The minimum atomic E-state index is 0.105. The summed E-state index contributed by atoms with van der Waals surface area (Å²) in [5.41, 5.74) is 2.11. The fourth-order valence-corrected chi connectivity index (χ4v) is 3.79. The molecule has 0 unspecified atom stereocenters. The number of aryl methyl sites for hydroxylation is 2. The van der Waals surface area contributed by atoms with Gasteiger partial charge < -0.3 is 4.90 Å². The van der Waals surface area contributed by atoms with Crippen molar-refractivity contribution in [3.63, 3.8) is 0 Å². The minimum Gasteiger partial charge on any atom is -0.304 e. The highest BCUT2D eigenvalue weighted by Gasteiger charge is 2.17. The third-order valence-electron chi connectivity index (χ3n) is 3.87. The van der Waals surface area contributed by atoms with Crippen LogP contribution in [0.4, 0.5) is 0 Å². The average Bonchev–Trinajstić information content (AvgIpc) is 2.69. The van der Waals surface area contributed by atoms with Gasteiger partial charge >= 0.3 is 0 Å². The highest BCUT2D eigenvalue weighted by atomic mass is 32.1. The van der Waals surface area contributed by atoms with E-state index in [9.17, 15) is 4.79 Å². The molecule has 2 aromatic heterocycles. The molecule has 0 bridgehead atoms. The van der Waals surface area contributed by atoms with Gasteiger partial charge in [-0.1, -0.05) is 0 Å². The first-order valence-corrected chi connectivity index (χ1v) is 7.71. The van der Waals surface area contributed by atoms with Crippen molar-refractivity contribution in [2.75, 3.05) is 33.2 Å². The number of aromatic nitrogens is 2. The summed E-state index contributed by atoms with van der Waals surface area (Å²) in [6.07, 6.45) is 0. The molecule has 1 fully saturated rings. The van der Waals surface area contributed by atoms with Crippen LogP contribution >= 0.6 is 11.5 Å². The SMILES string of the molecule is Cc1cc(C)c2c(=O)n(CN3CCN(C)CC3)sc2n1. The molecule has 1 aliphatic heterocycles. The zero-order valence-corrected chi connectivity index (χ0v) is 13.0. The van der Waals surface area contributed by atoms with Crippen LogP contribution in [0, 0.1) is 13.8 Å². The monoisotopic (exact) mass is 292 g/mol. The lowest BCUT2D eigenvalue weighted by Crippen LogP contribution is -2.45. The number of hydrogen-bond donors (Lipinski definition) is 0. The molecule has 0 aliphatic carbocycles. The van der Waals surface area contributed by atoms with Gasteiger partial charge in [0.15, 0.2) is 0 Å². The molecule has 0 saturated carbocycles. The molecule has 0 aromatic carbocycles. The van der Waals surface area contributed by atoms with Crippen molar-refractivity contribution in [1.29, 1.82) is 0 Å². The van der Waals surface area contributed by atoms with Gasteiger partial charge in [-0.05, 0) is 44.1 Å². The number of hydrogen-bond acceptors (Lipinski definition) is 5. The van der Waals surface area contributed by atoms with Crippen LogP contribution in [-0.4, -0.2) is 52.0 Å². The van der Waals surface area contributed by atoms with Gasteiger partial charge in [-0.15, -0.1) is 0 Å². The molecule has 6 heteroatoms. The summed E-state index contributed by atoms with van der Waals surface area (Å²) in [6, 6.07) is 1.98. The van der Waals surface area contributed by atoms with Crippen molar-refractivity contribution in [1.82, 2.24) is 18.7 Å². The quantitative estimate of drug-likeness (QED) is 0.836. The minimum absolute atomic E-state index is 0.105. The number of pyridine rings is 1. The summed E-state index contributed by atoms with van der Waals surface area (Å²) in [5, 5.41) is 0.787. The van der Waals surface area contributed by atoms with E-state index in [1.54, 1.807) is 0 Å². The second kappa shape index (κ2) is 5.27. The van der Waals surface area contributed by atoms with E-state index in [-0.39, 0.29) is 5.56 Å². The van der Waals surface area contributed by atoms with E-state index < -0.39 is 0 Å². The van der Waals surface area contributed by atoms with Crippen LogP contribution < -0.4 is 5.56 Å². The molecule has 20 heavy (non-hydrogen) atoms. The van der Waals surface area contributed by atoms with Gasteiger partial charge in [-0.2, -0.15) is 0 Å². The summed E-state index contributed by atoms with van der Waals surface area (Å²) < 4.78 is 1.84. The Kier molecular flexibility index (Phi) is 3.62. The molecular formula is C14H20N4OS.